The predicted octanol–water partition coefficient (Wildman–Crippen LogP) is 2.01. The zero-order valence-electron chi connectivity index (χ0n) is 9.65. The highest BCUT2D eigenvalue weighted by atomic mass is 35.5. The van der Waals surface area contributed by atoms with Gasteiger partial charge in [0.2, 0.25) is 0 Å². The molecule has 4 nitrogen and oxygen atoms in total. The average Bonchev–Trinajstić information content (AvgIpc) is 2.58. The van der Waals surface area contributed by atoms with Gasteiger partial charge in [-0.2, -0.15) is 0 Å². The fourth-order valence-corrected chi connectivity index (χ4v) is 2.05. The minimum Gasteiger partial charge on any atom is -0.447 e. The molecule has 1 heterocycles. The molecule has 92 valence electrons. The lowest BCUT2D eigenvalue weighted by Crippen LogP contribution is -2.49. The number of carbonyl (C=O) groups is 1. The van der Waals surface area contributed by atoms with Gasteiger partial charge in [0.25, 0.3) is 0 Å². The van der Waals surface area contributed by atoms with E-state index in [1.54, 1.807) is 11.0 Å². The highest BCUT2D eigenvalue weighted by Crippen LogP contribution is 2.26. The number of hydrogen-bond donors (Lipinski definition) is 1. The van der Waals surface area contributed by atoms with E-state index in [0.717, 1.165) is 5.56 Å². The lowest BCUT2D eigenvalue weighted by atomic mass is 10.0. The molecule has 1 amide bonds. The van der Waals surface area contributed by atoms with E-state index >= 15 is 0 Å². The van der Waals surface area contributed by atoms with Crippen molar-refractivity contribution in [3.8, 4) is 0 Å². The lowest BCUT2D eigenvalue weighted by molar-refractivity contribution is 0.151. The van der Waals surface area contributed by atoms with Gasteiger partial charge in [0.1, 0.15) is 6.61 Å². The molecule has 1 aliphatic heterocycles. The van der Waals surface area contributed by atoms with Crippen LogP contribution in [-0.4, -0.2) is 29.7 Å². The maximum absolute atomic E-state index is 11.7. The Kier molecular flexibility index (Phi) is 3.26. The average molecular weight is 255 g/mol. The Labute approximate surface area is 105 Å². The third-order valence-electron chi connectivity index (χ3n) is 3.05. The van der Waals surface area contributed by atoms with E-state index < -0.39 is 5.54 Å². The molecular weight excluding hydrogens is 240 g/mol. The van der Waals surface area contributed by atoms with E-state index in [1.807, 2.05) is 25.1 Å². The number of hydrogen-bond acceptors (Lipinski definition) is 3. The Bertz CT molecular complexity index is 438. The van der Waals surface area contributed by atoms with Gasteiger partial charge in [-0.1, -0.05) is 23.7 Å². The van der Waals surface area contributed by atoms with Crippen LogP contribution >= 0.6 is 11.6 Å². The smallest absolute Gasteiger partial charge is 0.410 e. The van der Waals surface area contributed by atoms with Crippen molar-refractivity contribution in [3.05, 3.63) is 34.9 Å². The number of rotatable bonds is 3. The molecule has 1 fully saturated rings. The lowest BCUT2D eigenvalue weighted by Gasteiger charge is -2.30. The number of ether oxygens (including phenoxy) is 1. The summed E-state index contributed by atoms with van der Waals surface area (Å²) < 4.78 is 5.05. The van der Waals surface area contributed by atoms with Crippen molar-refractivity contribution in [1.29, 1.82) is 0 Å². The zero-order chi connectivity index (χ0) is 12.5. The van der Waals surface area contributed by atoms with E-state index in [9.17, 15) is 4.79 Å². The van der Waals surface area contributed by atoms with E-state index in [2.05, 4.69) is 0 Å². The van der Waals surface area contributed by atoms with Crippen LogP contribution in [0.5, 0.6) is 0 Å². The van der Waals surface area contributed by atoms with Gasteiger partial charge >= 0.3 is 6.09 Å². The number of carbonyl (C=O) groups excluding carboxylic acids is 1. The normalized spacial score (nSPS) is 23.9. The highest BCUT2D eigenvalue weighted by molar-refractivity contribution is 6.30. The van der Waals surface area contributed by atoms with Crippen LogP contribution in [0.2, 0.25) is 5.02 Å². The zero-order valence-corrected chi connectivity index (χ0v) is 10.4. The van der Waals surface area contributed by atoms with Crippen LogP contribution in [0.1, 0.15) is 12.5 Å². The summed E-state index contributed by atoms with van der Waals surface area (Å²) in [7, 11) is 0. The maximum Gasteiger partial charge on any atom is 0.410 e. The molecule has 0 saturated carbocycles. The Morgan fingerprint density at radius 2 is 2.35 bits per heavy atom. The van der Waals surface area contributed by atoms with Crippen molar-refractivity contribution >= 4 is 17.7 Å². The molecule has 2 N–H and O–H groups in total. The standard InChI is InChI=1S/C12H15ClN2O2/c1-12(7-14)8-17-11(16)15(12)6-9-3-2-4-10(13)5-9/h2-5H,6-8,14H2,1H3. The second-order valence-electron chi connectivity index (χ2n) is 4.47. The molecule has 1 aliphatic rings. The molecule has 0 bridgehead atoms. The molecular formula is C12H15ClN2O2. The number of amides is 1. The fraction of sp³-hybridized carbons (Fsp3) is 0.417. The topological polar surface area (TPSA) is 55.6 Å². The first kappa shape index (κ1) is 12.2. The first-order chi connectivity index (χ1) is 8.05. The summed E-state index contributed by atoms with van der Waals surface area (Å²) in [5.74, 6) is 0. The van der Waals surface area contributed by atoms with Crippen LogP contribution < -0.4 is 5.73 Å². The molecule has 2 rings (SSSR count). The molecule has 1 aromatic rings. The van der Waals surface area contributed by atoms with Crippen molar-refractivity contribution < 1.29 is 9.53 Å². The summed E-state index contributed by atoms with van der Waals surface area (Å²) in [6.45, 7) is 3.09. The summed E-state index contributed by atoms with van der Waals surface area (Å²) in [4.78, 5) is 13.3. The van der Waals surface area contributed by atoms with Gasteiger partial charge in [-0.25, -0.2) is 4.79 Å². The minimum absolute atomic E-state index is 0.321. The summed E-state index contributed by atoms with van der Waals surface area (Å²) in [5.41, 5.74) is 6.24. The second-order valence-corrected chi connectivity index (χ2v) is 4.91. The van der Waals surface area contributed by atoms with Gasteiger partial charge in [-0.3, -0.25) is 4.90 Å². The highest BCUT2D eigenvalue weighted by Gasteiger charge is 2.42. The summed E-state index contributed by atoms with van der Waals surface area (Å²) in [6.07, 6.45) is -0.321. The summed E-state index contributed by atoms with van der Waals surface area (Å²) in [6, 6.07) is 7.42. The monoisotopic (exact) mass is 254 g/mol. The fourth-order valence-electron chi connectivity index (χ4n) is 1.84. The van der Waals surface area contributed by atoms with Gasteiger partial charge in [-0.15, -0.1) is 0 Å². The SMILES string of the molecule is CC1(CN)COC(=O)N1Cc1cccc(Cl)c1. The van der Waals surface area contributed by atoms with Crippen LogP contribution in [0.4, 0.5) is 4.79 Å². The van der Waals surface area contributed by atoms with E-state index in [4.69, 9.17) is 22.1 Å². The van der Waals surface area contributed by atoms with Crippen molar-refractivity contribution in [2.75, 3.05) is 13.2 Å². The van der Waals surface area contributed by atoms with E-state index in [1.165, 1.54) is 0 Å². The molecule has 1 unspecified atom stereocenters. The largest absolute Gasteiger partial charge is 0.447 e. The van der Waals surface area contributed by atoms with Gasteiger partial charge in [0.05, 0.1) is 5.54 Å². The number of cyclic esters (lactones) is 1. The second kappa shape index (κ2) is 4.55. The van der Waals surface area contributed by atoms with Gasteiger partial charge < -0.3 is 10.5 Å². The van der Waals surface area contributed by atoms with E-state index in [-0.39, 0.29) is 6.09 Å². The third kappa shape index (κ3) is 2.37. The Morgan fingerprint density at radius 1 is 1.59 bits per heavy atom. The Hall–Kier alpha value is -1.26. The molecule has 17 heavy (non-hydrogen) atoms. The first-order valence-corrected chi connectivity index (χ1v) is 5.82. The number of halogens is 1. The molecule has 1 aromatic carbocycles. The number of nitrogens with two attached hydrogens (primary N) is 1. The summed E-state index contributed by atoms with van der Waals surface area (Å²) in [5, 5.41) is 0.657. The summed E-state index contributed by atoms with van der Waals surface area (Å²) >= 11 is 5.91. The van der Waals surface area contributed by atoms with Crippen LogP contribution in [0.15, 0.2) is 24.3 Å². The molecule has 0 spiro atoms. The predicted molar refractivity (Wildman–Crippen MR) is 65.8 cm³/mol. The Balaban J connectivity index is 2.19. The van der Waals surface area contributed by atoms with Gasteiger partial charge in [-0.05, 0) is 24.6 Å². The maximum atomic E-state index is 11.7. The Morgan fingerprint density at radius 3 is 3.00 bits per heavy atom. The van der Waals surface area contributed by atoms with Crippen molar-refractivity contribution in [2.45, 2.75) is 19.0 Å². The molecule has 0 aromatic heterocycles. The van der Waals surface area contributed by atoms with Crippen LogP contribution in [0.25, 0.3) is 0 Å². The molecule has 1 saturated heterocycles. The van der Waals surface area contributed by atoms with Crippen molar-refractivity contribution in [1.82, 2.24) is 4.90 Å². The van der Waals surface area contributed by atoms with Crippen LogP contribution in [0, 0.1) is 0 Å². The van der Waals surface area contributed by atoms with Gasteiger partial charge in [0.15, 0.2) is 0 Å². The third-order valence-corrected chi connectivity index (χ3v) is 3.28. The first-order valence-electron chi connectivity index (χ1n) is 5.44. The van der Waals surface area contributed by atoms with Crippen LogP contribution in [-0.2, 0) is 11.3 Å². The van der Waals surface area contributed by atoms with E-state index in [0.29, 0.717) is 24.7 Å². The van der Waals surface area contributed by atoms with Crippen molar-refractivity contribution in [3.63, 3.8) is 0 Å². The molecule has 1 atom stereocenters. The van der Waals surface area contributed by atoms with Crippen molar-refractivity contribution in [2.24, 2.45) is 5.73 Å². The molecule has 0 aliphatic carbocycles. The van der Waals surface area contributed by atoms with Gasteiger partial charge in [0, 0.05) is 18.1 Å². The minimum atomic E-state index is -0.431. The number of nitrogens with zero attached hydrogens (tertiary/aromatic N) is 1. The molecule has 5 heteroatoms. The van der Waals surface area contributed by atoms with Crippen LogP contribution in [0.3, 0.4) is 0 Å². The quantitative estimate of drug-likeness (QED) is 0.898. The number of benzene rings is 1. The molecule has 0 radical (unpaired) electrons.